The number of nitrogens with one attached hydrogen (secondary N) is 1. The third-order valence-electron chi connectivity index (χ3n) is 4.31. The number of amides is 3. The van der Waals surface area contributed by atoms with Gasteiger partial charge < -0.3 is 9.88 Å². The third kappa shape index (κ3) is 3.07. The van der Waals surface area contributed by atoms with Gasteiger partial charge in [0.25, 0.3) is 5.91 Å². The summed E-state index contributed by atoms with van der Waals surface area (Å²) in [5.41, 5.74) is 4.33. The Labute approximate surface area is 147 Å². The van der Waals surface area contributed by atoms with E-state index in [1.54, 1.807) is 12.3 Å². The third-order valence-corrected chi connectivity index (χ3v) is 4.31. The van der Waals surface area contributed by atoms with Gasteiger partial charge in [-0.05, 0) is 62.6 Å². The quantitative estimate of drug-likeness (QED) is 0.688. The molecule has 1 saturated heterocycles. The first kappa shape index (κ1) is 17.0. The maximum Gasteiger partial charge on any atom is 0.329 e. The normalized spacial score (nSPS) is 16.0. The second-order valence-corrected chi connectivity index (χ2v) is 6.30. The van der Waals surface area contributed by atoms with Crippen LogP contribution in [-0.2, 0) is 4.79 Å². The maximum absolute atomic E-state index is 12.4. The van der Waals surface area contributed by atoms with Gasteiger partial charge in [-0.15, -0.1) is 0 Å². The van der Waals surface area contributed by atoms with Crippen molar-refractivity contribution in [2.24, 2.45) is 0 Å². The largest absolute Gasteiger partial charge is 0.329 e. The molecule has 0 saturated carbocycles. The Balaban J connectivity index is 1.99. The molecule has 25 heavy (non-hydrogen) atoms. The highest BCUT2D eigenvalue weighted by Crippen LogP contribution is 2.23. The number of hydrogen-bond donors (Lipinski definition) is 1. The van der Waals surface area contributed by atoms with Crippen molar-refractivity contribution in [3.8, 4) is 5.82 Å². The molecular weight excluding hydrogens is 316 g/mol. The molecule has 2 aromatic rings. The van der Waals surface area contributed by atoms with Gasteiger partial charge in [0.1, 0.15) is 11.5 Å². The predicted molar refractivity (Wildman–Crippen MR) is 96.3 cm³/mol. The lowest BCUT2D eigenvalue weighted by Crippen LogP contribution is -2.31. The van der Waals surface area contributed by atoms with Crippen LogP contribution in [0.15, 0.2) is 30.1 Å². The van der Waals surface area contributed by atoms with Crippen molar-refractivity contribution >= 4 is 18.0 Å². The van der Waals surface area contributed by atoms with Gasteiger partial charge >= 0.3 is 6.03 Å². The van der Waals surface area contributed by atoms with Crippen LogP contribution < -0.4 is 5.32 Å². The second-order valence-electron chi connectivity index (χ2n) is 6.30. The molecule has 0 atom stereocenters. The zero-order valence-electron chi connectivity index (χ0n) is 15.0. The lowest BCUT2D eigenvalue weighted by Gasteiger charge is -2.09. The van der Waals surface area contributed by atoms with Gasteiger partial charge in [-0.25, -0.2) is 9.78 Å². The second kappa shape index (κ2) is 6.55. The number of carbonyl (C=O) groups excluding carboxylic acids is 2. The first-order chi connectivity index (χ1) is 11.9. The minimum atomic E-state index is -0.354. The topological polar surface area (TPSA) is 67.2 Å². The number of aryl methyl sites for hydroxylation is 2. The fourth-order valence-electron chi connectivity index (χ4n) is 3.08. The molecule has 6 heteroatoms. The fourth-order valence-corrected chi connectivity index (χ4v) is 3.08. The number of aromatic nitrogens is 2. The molecule has 6 nitrogen and oxygen atoms in total. The van der Waals surface area contributed by atoms with E-state index in [1.165, 1.54) is 4.90 Å². The zero-order chi connectivity index (χ0) is 18.1. The number of pyridine rings is 1. The van der Waals surface area contributed by atoms with Crippen LogP contribution in [0.2, 0.25) is 0 Å². The van der Waals surface area contributed by atoms with Crippen LogP contribution in [0.3, 0.4) is 0 Å². The highest BCUT2D eigenvalue weighted by atomic mass is 16.2. The van der Waals surface area contributed by atoms with Gasteiger partial charge in [-0.1, -0.05) is 6.92 Å². The summed E-state index contributed by atoms with van der Waals surface area (Å²) in [5.74, 6) is 0.569. The molecule has 0 radical (unpaired) electrons. The predicted octanol–water partition coefficient (Wildman–Crippen LogP) is 3.10. The van der Waals surface area contributed by atoms with Gasteiger partial charge in [0.15, 0.2) is 0 Å². The van der Waals surface area contributed by atoms with Crippen LogP contribution in [0.1, 0.15) is 35.9 Å². The first-order valence-corrected chi connectivity index (χ1v) is 8.39. The SMILES string of the molecule is CCCN1C(=O)N/C(=C/c2cc(C)n(-c3cc(C)ccn3)c2C)C1=O. The number of imide groups is 1. The summed E-state index contributed by atoms with van der Waals surface area (Å²) in [7, 11) is 0. The van der Waals surface area contributed by atoms with E-state index in [0.29, 0.717) is 12.2 Å². The van der Waals surface area contributed by atoms with Crippen molar-refractivity contribution < 1.29 is 9.59 Å². The van der Waals surface area contributed by atoms with E-state index in [1.807, 2.05) is 50.5 Å². The molecule has 1 N–H and O–H groups in total. The number of urea groups is 1. The lowest BCUT2D eigenvalue weighted by atomic mass is 10.2. The number of nitrogens with zero attached hydrogens (tertiary/aromatic N) is 3. The first-order valence-electron chi connectivity index (χ1n) is 8.39. The highest BCUT2D eigenvalue weighted by Gasteiger charge is 2.32. The van der Waals surface area contributed by atoms with E-state index < -0.39 is 0 Å². The smallest absolute Gasteiger partial charge is 0.303 e. The number of rotatable bonds is 4. The van der Waals surface area contributed by atoms with Gasteiger partial charge in [0.2, 0.25) is 0 Å². The van der Waals surface area contributed by atoms with Crippen molar-refractivity contribution in [1.82, 2.24) is 19.8 Å². The molecule has 1 fully saturated rings. The van der Waals surface area contributed by atoms with Crippen molar-refractivity contribution in [3.05, 3.63) is 52.6 Å². The van der Waals surface area contributed by atoms with Crippen LogP contribution in [-0.4, -0.2) is 32.9 Å². The van der Waals surface area contributed by atoms with Gasteiger partial charge in [0, 0.05) is 24.1 Å². The van der Waals surface area contributed by atoms with Crippen LogP contribution >= 0.6 is 0 Å². The highest BCUT2D eigenvalue weighted by molar-refractivity contribution is 6.14. The molecule has 3 rings (SSSR count). The summed E-state index contributed by atoms with van der Waals surface area (Å²) < 4.78 is 2.05. The summed E-state index contributed by atoms with van der Waals surface area (Å²) in [6.07, 6.45) is 4.26. The molecule has 0 unspecified atom stereocenters. The van der Waals surface area contributed by atoms with E-state index in [4.69, 9.17) is 0 Å². The summed E-state index contributed by atoms with van der Waals surface area (Å²) in [6, 6.07) is 5.61. The molecule has 3 amide bonds. The van der Waals surface area contributed by atoms with Crippen LogP contribution in [0.5, 0.6) is 0 Å². The van der Waals surface area contributed by atoms with Crippen molar-refractivity contribution in [2.75, 3.05) is 6.54 Å². The Morgan fingerprint density at radius 3 is 2.64 bits per heavy atom. The molecule has 130 valence electrons. The average molecular weight is 338 g/mol. The van der Waals surface area contributed by atoms with E-state index in [0.717, 1.165) is 34.8 Å². The zero-order valence-corrected chi connectivity index (χ0v) is 15.0. The Bertz CT molecular complexity index is 880. The number of hydrogen-bond acceptors (Lipinski definition) is 3. The van der Waals surface area contributed by atoms with Crippen molar-refractivity contribution in [2.45, 2.75) is 34.1 Å². The minimum Gasteiger partial charge on any atom is -0.303 e. The molecule has 0 aromatic carbocycles. The van der Waals surface area contributed by atoms with Crippen LogP contribution in [0.25, 0.3) is 11.9 Å². The van der Waals surface area contributed by atoms with E-state index in [2.05, 4.69) is 10.3 Å². The Hall–Kier alpha value is -2.89. The summed E-state index contributed by atoms with van der Waals surface area (Å²) >= 11 is 0. The molecular formula is C19H22N4O2. The van der Waals surface area contributed by atoms with Crippen molar-refractivity contribution in [3.63, 3.8) is 0 Å². The Morgan fingerprint density at radius 2 is 1.96 bits per heavy atom. The van der Waals surface area contributed by atoms with E-state index in [9.17, 15) is 9.59 Å². The standard InChI is InChI=1S/C19H22N4O2/c1-5-8-22-18(24)16(21-19(22)25)11-15-10-13(3)23(14(15)4)17-9-12(2)6-7-20-17/h6-7,9-11H,5,8H2,1-4H3,(H,21,25)/b16-11+. The Kier molecular flexibility index (Phi) is 4.44. The molecule has 0 bridgehead atoms. The summed E-state index contributed by atoms with van der Waals surface area (Å²) in [5, 5.41) is 2.67. The van der Waals surface area contributed by atoms with Gasteiger partial charge in [-0.2, -0.15) is 0 Å². The summed E-state index contributed by atoms with van der Waals surface area (Å²) in [4.78, 5) is 30.0. The molecule has 0 aliphatic carbocycles. The summed E-state index contributed by atoms with van der Waals surface area (Å²) in [6.45, 7) is 8.36. The molecule has 1 aliphatic heterocycles. The monoisotopic (exact) mass is 338 g/mol. The van der Waals surface area contributed by atoms with E-state index in [-0.39, 0.29) is 11.9 Å². The molecule has 1 aliphatic rings. The van der Waals surface area contributed by atoms with E-state index >= 15 is 0 Å². The average Bonchev–Trinajstić information content (AvgIpc) is 2.98. The fraction of sp³-hybridized carbons (Fsp3) is 0.316. The lowest BCUT2D eigenvalue weighted by molar-refractivity contribution is -0.122. The number of carbonyl (C=O) groups is 2. The molecule has 0 spiro atoms. The molecule has 2 aromatic heterocycles. The molecule has 3 heterocycles. The Morgan fingerprint density at radius 1 is 1.20 bits per heavy atom. The van der Waals surface area contributed by atoms with Gasteiger partial charge in [0.05, 0.1) is 0 Å². The maximum atomic E-state index is 12.4. The van der Waals surface area contributed by atoms with Gasteiger partial charge in [-0.3, -0.25) is 9.69 Å². The van der Waals surface area contributed by atoms with Crippen LogP contribution in [0, 0.1) is 20.8 Å². The van der Waals surface area contributed by atoms with Crippen LogP contribution in [0.4, 0.5) is 4.79 Å². The minimum absolute atomic E-state index is 0.273. The van der Waals surface area contributed by atoms with Crippen molar-refractivity contribution in [1.29, 1.82) is 0 Å².